The van der Waals surface area contributed by atoms with E-state index in [9.17, 15) is 9.59 Å². The normalized spacial score (nSPS) is 22.0. The molecule has 6 nitrogen and oxygen atoms in total. The smallest absolute Gasteiger partial charge is 0.322 e. The van der Waals surface area contributed by atoms with Crippen LogP contribution in [0.1, 0.15) is 36.8 Å². The van der Waals surface area contributed by atoms with Gasteiger partial charge in [0, 0.05) is 30.7 Å². The third-order valence-corrected chi connectivity index (χ3v) is 7.51. The number of fused-ring (bicyclic) bond motifs is 1. The molecule has 2 aliphatic rings. The van der Waals surface area contributed by atoms with Crippen molar-refractivity contribution in [1.82, 2.24) is 20.1 Å². The quantitative estimate of drug-likeness (QED) is 0.542. The van der Waals surface area contributed by atoms with Crippen molar-refractivity contribution < 1.29 is 9.59 Å². The second-order valence-corrected chi connectivity index (χ2v) is 9.55. The Kier molecular flexibility index (Phi) is 5.94. The maximum Gasteiger partial charge on any atom is 0.322 e. The van der Waals surface area contributed by atoms with Gasteiger partial charge < -0.3 is 9.88 Å². The number of urea groups is 1. The largest absolute Gasteiger partial charge is 0.350 e. The van der Waals surface area contributed by atoms with Gasteiger partial charge in [0.1, 0.15) is 5.54 Å². The maximum absolute atomic E-state index is 13.0. The summed E-state index contributed by atoms with van der Waals surface area (Å²) in [4.78, 5) is 27.6. The molecular weight excluding hydrogens is 412 g/mol. The summed E-state index contributed by atoms with van der Waals surface area (Å²) in [6, 6.07) is 18.5. The first kappa shape index (κ1) is 21.7. The van der Waals surface area contributed by atoms with Crippen LogP contribution in [-0.2, 0) is 24.8 Å². The number of carbonyl (C=O) groups is 2. The van der Waals surface area contributed by atoms with Crippen LogP contribution in [0.25, 0.3) is 10.9 Å². The van der Waals surface area contributed by atoms with Gasteiger partial charge in [-0.05, 0) is 68.3 Å². The Morgan fingerprint density at radius 3 is 2.45 bits per heavy atom. The van der Waals surface area contributed by atoms with Crippen LogP contribution in [0.5, 0.6) is 0 Å². The Balaban J connectivity index is 1.25. The maximum atomic E-state index is 13.0. The summed E-state index contributed by atoms with van der Waals surface area (Å²) in [5.41, 5.74) is 3.08. The van der Waals surface area contributed by atoms with Gasteiger partial charge in [-0.25, -0.2) is 4.79 Å². The molecule has 2 aliphatic heterocycles. The van der Waals surface area contributed by atoms with Crippen LogP contribution < -0.4 is 10.6 Å². The van der Waals surface area contributed by atoms with E-state index in [1.54, 1.807) is 0 Å². The summed E-state index contributed by atoms with van der Waals surface area (Å²) in [6.45, 7) is 2.77. The molecule has 0 bridgehead atoms. The Morgan fingerprint density at radius 2 is 1.73 bits per heavy atom. The molecule has 3 aromatic rings. The number of aromatic nitrogens is 1. The summed E-state index contributed by atoms with van der Waals surface area (Å²) in [6.07, 6.45) is 6.49. The Hall–Kier alpha value is -3.12. The molecular formula is C27H32N4O2. The lowest BCUT2D eigenvalue weighted by Crippen LogP contribution is -2.56. The molecule has 0 radical (unpaired) electrons. The predicted molar refractivity (Wildman–Crippen MR) is 130 cm³/mol. The molecule has 0 saturated carbocycles. The van der Waals surface area contributed by atoms with Crippen molar-refractivity contribution in [3.05, 3.63) is 71.9 Å². The number of hydrogen-bond donors (Lipinski definition) is 2. The fourth-order valence-corrected chi connectivity index (χ4v) is 5.77. The van der Waals surface area contributed by atoms with Crippen molar-refractivity contribution in [3.63, 3.8) is 0 Å². The van der Waals surface area contributed by atoms with Gasteiger partial charge in [0.05, 0.1) is 0 Å². The van der Waals surface area contributed by atoms with E-state index in [-0.39, 0.29) is 17.9 Å². The van der Waals surface area contributed by atoms with Crippen molar-refractivity contribution in [2.45, 2.75) is 44.2 Å². The van der Waals surface area contributed by atoms with E-state index in [1.165, 1.54) is 22.0 Å². The average molecular weight is 445 g/mol. The number of amides is 3. The number of nitrogens with one attached hydrogen (secondary N) is 2. The number of likely N-dealkylation sites (tertiary alicyclic amines) is 1. The lowest BCUT2D eigenvalue weighted by Gasteiger charge is -2.40. The lowest BCUT2D eigenvalue weighted by atomic mass is 9.74. The number of nitrogens with zero attached hydrogens (tertiary/aromatic N) is 2. The number of benzene rings is 2. The number of rotatable bonds is 7. The van der Waals surface area contributed by atoms with E-state index in [2.05, 4.69) is 69.7 Å². The van der Waals surface area contributed by atoms with Gasteiger partial charge >= 0.3 is 6.03 Å². The van der Waals surface area contributed by atoms with Crippen LogP contribution in [0.4, 0.5) is 4.79 Å². The number of piperidine rings is 1. The van der Waals surface area contributed by atoms with Gasteiger partial charge in [0.25, 0.3) is 5.91 Å². The molecule has 3 heterocycles. The van der Waals surface area contributed by atoms with Crippen LogP contribution in [0.2, 0.25) is 0 Å². The van der Waals surface area contributed by atoms with Crippen LogP contribution in [-0.4, -0.2) is 40.0 Å². The zero-order valence-corrected chi connectivity index (χ0v) is 19.2. The highest BCUT2D eigenvalue weighted by molar-refractivity contribution is 6.07. The van der Waals surface area contributed by atoms with Gasteiger partial charge in [-0.2, -0.15) is 0 Å². The molecule has 2 fully saturated rings. The highest BCUT2D eigenvalue weighted by Gasteiger charge is 2.51. The number of para-hydroxylation sites is 1. The van der Waals surface area contributed by atoms with Crippen LogP contribution in [0, 0.1) is 5.92 Å². The van der Waals surface area contributed by atoms with E-state index in [1.807, 2.05) is 18.2 Å². The molecule has 2 saturated heterocycles. The molecule has 1 aromatic heterocycles. The Bertz CT molecular complexity index is 1150. The van der Waals surface area contributed by atoms with Gasteiger partial charge in [-0.15, -0.1) is 0 Å². The first-order chi connectivity index (χ1) is 16.0. The van der Waals surface area contributed by atoms with Crippen molar-refractivity contribution >= 4 is 22.8 Å². The third-order valence-electron chi connectivity index (χ3n) is 7.51. The van der Waals surface area contributed by atoms with Gasteiger partial charge in [-0.3, -0.25) is 15.0 Å². The second kappa shape index (κ2) is 9.02. The zero-order chi connectivity index (χ0) is 22.8. The second-order valence-electron chi connectivity index (χ2n) is 9.55. The van der Waals surface area contributed by atoms with E-state index in [0.717, 1.165) is 45.3 Å². The predicted octanol–water partition coefficient (Wildman–Crippen LogP) is 3.99. The average Bonchev–Trinajstić information content (AvgIpc) is 3.30. The molecule has 0 spiro atoms. The molecule has 3 amide bonds. The highest BCUT2D eigenvalue weighted by Crippen LogP contribution is 2.35. The van der Waals surface area contributed by atoms with Gasteiger partial charge in [0.15, 0.2) is 0 Å². The summed E-state index contributed by atoms with van der Waals surface area (Å²) < 4.78 is 2.19. The standard InChI is InChI=1S/C27H32N4O2/c1-30-18-21(23-11-5-6-12-24(23)30)19-31-16-13-22(14-17-31)27(25(32)28-26(33)29-27)15-7-10-20-8-3-2-4-9-20/h2-6,8-9,11-12,18,22H,7,10,13-17,19H2,1H3,(H2,28,29,32,33). The molecule has 6 heteroatoms. The zero-order valence-electron chi connectivity index (χ0n) is 19.2. The van der Waals surface area contributed by atoms with Crippen molar-refractivity contribution in [2.24, 2.45) is 13.0 Å². The number of hydrogen-bond acceptors (Lipinski definition) is 3. The number of aryl methyl sites for hydroxylation is 2. The molecule has 1 unspecified atom stereocenters. The van der Waals surface area contributed by atoms with Crippen LogP contribution >= 0.6 is 0 Å². The van der Waals surface area contributed by atoms with E-state index < -0.39 is 5.54 Å². The summed E-state index contributed by atoms with van der Waals surface area (Å²) in [5.74, 6) is 0.0107. The van der Waals surface area contributed by atoms with E-state index in [4.69, 9.17) is 0 Å². The summed E-state index contributed by atoms with van der Waals surface area (Å²) in [5, 5.41) is 6.87. The molecule has 2 aromatic carbocycles. The SMILES string of the molecule is Cn1cc(CN2CCC(C3(CCCc4ccccc4)NC(=O)NC3=O)CC2)c2ccccc21. The fraction of sp³-hybridized carbons (Fsp3) is 0.407. The first-order valence-corrected chi connectivity index (χ1v) is 12.0. The third kappa shape index (κ3) is 4.27. The topological polar surface area (TPSA) is 66.4 Å². The van der Waals surface area contributed by atoms with Gasteiger partial charge in [0.2, 0.25) is 0 Å². The van der Waals surface area contributed by atoms with Crippen molar-refractivity contribution in [2.75, 3.05) is 13.1 Å². The molecule has 2 N–H and O–H groups in total. The van der Waals surface area contributed by atoms with Crippen molar-refractivity contribution in [3.8, 4) is 0 Å². The molecule has 33 heavy (non-hydrogen) atoms. The lowest BCUT2D eigenvalue weighted by molar-refractivity contribution is -0.127. The monoisotopic (exact) mass is 444 g/mol. The minimum Gasteiger partial charge on any atom is -0.350 e. The van der Waals surface area contributed by atoms with E-state index >= 15 is 0 Å². The molecule has 5 rings (SSSR count). The van der Waals surface area contributed by atoms with Crippen molar-refractivity contribution in [1.29, 1.82) is 0 Å². The van der Waals surface area contributed by atoms with E-state index in [0.29, 0.717) is 6.42 Å². The fourth-order valence-electron chi connectivity index (χ4n) is 5.77. The highest BCUT2D eigenvalue weighted by atomic mass is 16.2. The number of carbonyl (C=O) groups excluding carboxylic acids is 2. The van der Waals surface area contributed by atoms with Crippen LogP contribution in [0.15, 0.2) is 60.8 Å². The Morgan fingerprint density at radius 1 is 1.00 bits per heavy atom. The van der Waals surface area contributed by atoms with Crippen LogP contribution in [0.3, 0.4) is 0 Å². The Labute approximate surface area is 195 Å². The summed E-state index contributed by atoms with van der Waals surface area (Å²) in [7, 11) is 2.10. The minimum absolute atomic E-state index is 0.145. The molecule has 172 valence electrons. The van der Waals surface area contributed by atoms with Gasteiger partial charge in [-0.1, -0.05) is 48.5 Å². The number of imide groups is 1. The first-order valence-electron chi connectivity index (χ1n) is 12.0. The molecule has 1 atom stereocenters. The molecule has 0 aliphatic carbocycles. The minimum atomic E-state index is -0.780. The summed E-state index contributed by atoms with van der Waals surface area (Å²) >= 11 is 0.